The minimum atomic E-state index is -0.997. The van der Waals surface area contributed by atoms with Gasteiger partial charge in [-0.2, -0.15) is 5.26 Å². The molecule has 1 aliphatic heterocycles. The Morgan fingerprint density at radius 2 is 1.79 bits per heavy atom. The predicted molar refractivity (Wildman–Crippen MR) is 126 cm³/mol. The van der Waals surface area contributed by atoms with Crippen LogP contribution in [0.1, 0.15) is 17.0 Å². The second-order valence-electron chi connectivity index (χ2n) is 7.11. The van der Waals surface area contributed by atoms with Crippen LogP contribution in [0.15, 0.2) is 69.6 Å². The van der Waals surface area contributed by atoms with Crippen LogP contribution in [-0.2, 0) is 25.7 Å². The van der Waals surface area contributed by atoms with E-state index in [-0.39, 0.29) is 34.1 Å². The van der Waals surface area contributed by atoms with E-state index in [4.69, 9.17) is 19.9 Å². The molecule has 9 nitrogen and oxygen atoms in total. The van der Waals surface area contributed by atoms with Gasteiger partial charge in [-0.05, 0) is 17.7 Å². The van der Waals surface area contributed by atoms with Crippen molar-refractivity contribution in [1.29, 1.82) is 5.26 Å². The summed E-state index contributed by atoms with van der Waals surface area (Å²) in [4.78, 5) is 27.5. The van der Waals surface area contributed by atoms with E-state index in [1.165, 1.54) is 19.1 Å². The normalized spacial score (nSPS) is 15.6. The number of hydrogen-bond donors (Lipinski definition) is 2. The molecule has 3 rings (SSSR count). The molecule has 0 spiro atoms. The topological polar surface area (TPSA) is 135 Å². The van der Waals surface area contributed by atoms with Crippen molar-refractivity contribution in [2.24, 2.45) is 5.73 Å². The number of anilines is 1. The van der Waals surface area contributed by atoms with Crippen LogP contribution in [0.4, 0.5) is 5.69 Å². The lowest BCUT2D eigenvalue weighted by molar-refractivity contribution is -0.139. The first-order valence-corrected chi connectivity index (χ1v) is 10.8. The number of aliphatic hydroxyl groups is 1. The number of halogens is 1. The Labute approximate surface area is 204 Å². The third-order valence-corrected chi connectivity index (χ3v) is 5.80. The number of ether oxygens (including phenoxy) is 3. The van der Waals surface area contributed by atoms with Crippen LogP contribution in [0.25, 0.3) is 0 Å². The number of rotatable bonds is 6. The quantitative estimate of drug-likeness (QED) is 0.543. The zero-order chi connectivity index (χ0) is 25.0. The maximum Gasteiger partial charge on any atom is 0.355 e. The van der Waals surface area contributed by atoms with Crippen LogP contribution < -0.4 is 15.4 Å². The molecular weight excluding hydrogens is 506 g/mol. The summed E-state index contributed by atoms with van der Waals surface area (Å²) in [5, 5.41) is 20.2. The molecule has 1 heterocycles. The van der Waals surface area contributed by atoms with Gasteiger partial charge in [0.2, 0.25) is 0 Å². The number of carbonyl (C=O) groups excluding carboxylic acids is 2. The lowest BCUT2D eigenvalue weighted by atomic mass is 9.80. The molecule has 1 aliphatic rings. The van der Waals surface area contributed by atoms with E-state index in [0.717, 1.165) is 7.11 Å². The van der Waals surface area contributed by atoms with Crippen molar-refractivity contribution in [1.82, 2.24) is 0 Å². The minimum absolute atomic E-state index is 0.00751. The van der Waals surface area contributed by atoms with Crippen LogP contribution in [0.3, 0.4) is 0 Å². The average molecular weight is 528 g/mol. The zero-order valence-electron chi connectivity index (χ0n) is 18.7. The molecular formula is C24H22BrN3O6. The molecule has 0 amide bonds. The first kappa shape index (κ1) is 24.8. The summed E-state index contributed by atoms with van der Waals surface area (Å²) in [6, 6.07) is 14.0. The van der Waals surface area contributed by atoms with Crippen molar-refractivity contribution in [2.75, 3.05) is 26.2 Å². The molecule has 3 N–H and O–H groups in total. The smallest absolute Gasteiger partial charge is 0.355 e. The number of hydrogen-bond acceptors (Lipinski definition) is 9. The fourth-order valence-electron chi connectivity index (χ4n) is 3.90. The summed E-state index contributed by atoms with van der Waals surface area (Å²) in [6.07, 6.45) is 0. The van der Waals surface area contributed by atoms with Gasteiger partial charge in [0.25, 0.3) is 0 Å². The van der Waals surface area contributed by atoms with E-state index in [0.29, 0.717) is 15.6 Å². The highest BCUT2D eigenvalue weighted by atomic mass is 79.9. The number of carbonyl (C=O) groups is 2. The van der Waals surface area contributed by atoms with Gasteiger partial charge in [-0.15, -0.1) is 0 Å². The predicted octanol–water partition coefficient (Wildman–Crippen LogP) is 2.85. The Bertz CT molecular complexity index is 1210. The van der Waals surface area contributed by atoms with Crippen molar-refractivity contribution in [3.8, 4) is 11.8 Å². The average Bonchev–Trinajstić information content (AvgIpc) is 2.87. The Kier molecular flexibility index (Phi) is 7.61. The van der Waals surface area contributed by atoms with E-state index in [1.807, 2.05) is 0 Å². The molecule has 0 fully saturated rings. The molecule has 1 unspecified atom stereocenters. The Morgan fingerprint density at radius 1 is 1.15 bits per heavy atom. The molecule has 0 radical (unpaired) electrons. The van der Waals surface area contributed by atoms with Gasteiger partial charge < -0.3 is 25.1 Å². The van der Waals surface area contributed by atoms with Gasteiger partial charge in [0.1, 0.15) is 17.3 Å². The number of nitrogens with zero attached hydrogens (tertiary/aromatic N) is 2. The van der Waals surface area contributed by atoms with Crippen molar-refractivity contribution in [3.63, 3.8) is 0 Å². The molecule has 34 heavy (non-hydrogen) atoms. The van der Waals surface area contributed by atoms with Gasteiger partial charge in [-0.25, -0.2) is 9.59 Å². The van der Waals surface area contributed by atoms with E-state index < -0.39 is 24.5 Å². The highest BCUT2D eigenvalue weighted by molar-refractivity contribution is 9.10. The van der Waals surface area contributed by atoms with Gasteiger partial charge in [0.05, 0.1) is 56.8 Å². The Morgan fingerprint density at radius 3 is 2.32 bits per heavy atom. The van der Waals surface area contributed by atoms with Crippen LogP contribution in [0, 0.1) is 11.3 Å². The Hall–Kier alpha value is -3.81. The van der Waals surface area contributed by atoms with Crippen molar-refractivity contribution < 1.29 is 28.9 Å². The maximum absolute atomic E-state index is 13.2. The van der Waals surface area contributed by atoms with Gasteiger partial charge >= 0.3 is 11.9 Å². The van der Waals surface area contributed by atoms with E-state index in [2.05, 4.69) is 22.0 Å². The largest absolute Gasteiger partial charge is 0.495 e. The van der Waals surface area contributed by atoms with E-state index >= 15 is 0 Å². The summed E-state index contributed by atoms with van der Waals surface area (Å²) in [7, 11) is 3.73. The summed E-state index contributed by atoms with van der Waals surface area (Å²) in [5.41, 5.74) is 7.16. The number of allylic oxidation sites excluding steroid dienone is 1. The zero-order valence-corrected chi connectivity index (χ0v) is 20.3. The van der Waals surface area contributed by atoms with Crippen molar-refractivity contribution in [3.05, 3.63) is 80.7 Å². The molecule has 176 valence electrons. The molecule has 1 atom stereocenters. The molecule has 2 aromatic rings. The summed E-state index contributed by atoms with van der Waals surface area (Å²) >= 11 is 3.35. The Balaban J connectivity index is 2.51. The van der Waals surface area contributed by atoms with E-state index in [1.54, 1.807) is 42.5 Å². The molecule has 10 heteroatoms. The van der Waals surface area contributed by atoms with Crippen molar-refractivity contribution in [2.45, 2.75) is 12.5 Å². The second-order valence-corrected chi connectivity index (χ2v) is 8.02. The van der Waals surface area contributed by atoms with E-state index in [9.17, 15) is 20.0 Å². The number of nitrogens with two attached hydrogens (primary N) is 1. The molecule has 0 saturated carbocycles. The lowest BCUT2D eigenvalue weighted by Gasteiger charge is -2.37. The fourth-order valence-corrected chi connectivity index (χ4v) is 4.39. The number of benzene rings is 2. The third-order valence-electron chi connectivity index (χ3n) is 5.34. The molecule has 0 bridgehead atoms. The van der Waals surface area contributed by atoms with Gasteiger partial charge in [-0.1, -0.05) is 46.3 Å². The maximum atomic E-state index is 13.2. The van der Waals surface area contributed by atoms with Gasteiger partial charge in [0.15, 0.2) is 0 Å². The first-order chi connectivity index (χ1) is 16.3. The second kappa shape index (κ2) is 10.4. The number of methoxy groups -OCH3 is 3. The SMILES string of the molecule is COC(=O)C1=C(C(=O)OC)N(c2c(CO)cc(Br)cc2OC)C(N)=C(C#N)C1c1ccccc1. The highest BCUT2D eigenvalue weighted by Crippen LogP contribution is 2.47. The monoisotopic (exact) mass is 527 g/mol. The fraction of sp³-hybridized carbons (Fsp3) is 0.208. The van der Waals surface area contributed by atoms with Gasteiger partial charge in [0, 0.05) is 10.0 Å². The standard InChI is InChI=1S/C24H22BrN3O6/c1-32-17-10-15(25)9-14(12-29)20(17)28-21(24(31)34-3)19(23(30)33-2)18(16(11-26)22(28)27)13-7-5-4-6-8-13/h4-10,18,29H,12,27H2,1-3H3. The lowest BCUT2D eigenvalue weighted by Crippen LogP contribution is -2.41. The highest BCUT2D eigenvalue weighted by Gasteiger charge is 2.44. The van der Waals surface area contributed by atoms with Crippen LogP contribution in [-0.4, -0.2) is 38.4 Å². The first-order valence-electron chi connectivity index (χ1n) is 9.97. The molecule has 0 saturated heterocycles. The summed E-state index contributed by atoms with van der Waals surface area (Å²) in [5.74, 6) is -2.64. The molecule has 0 aromatic heterocycles. The van der Waals surface area contributed by atoms with Crippen molar-refractivity contribution >= 4 is 33.6 Å². The molecule has 2 aromatic carbocycles. The number of esters is 2. The van der Waals surface area contributed by atoms with Gasteiger partial charge in [-0.3, -0.25) is 4.90 Å². The summed E-state index contributed by atoms with van der Waals surface area (Å²) in [6.45, 7) is -0.457. The van der Waals surface area contributed by atoms with Crippen LogP contribution >= 0.6 is 15.9 Å². The summed E-state index contributed by atoms with van der Waals surface area (Å²) < 4.78 is 16.1. The number of aliphatic hydroxyl groups excluding tert-OH is 1. The number of nitriles is 1. The van der Waals surface area contributed by atoms with Crippen LogP contribution in [0.2, 0.25) is 0 Å². The third kappa shape index (κ3) is 4.23. The van der Waals surface area contributed by atoms with Crippen LogP contribution in [0.5, 0.6) is 5.75 Å². The molecule has 0 aliphatic carbocycles. The minimum Gasteiger partial charge on any atom is -0.495 e.